The van der Waals surface area contributed by atoms with Crippen LogP contribution in [0.2, 0.25) is 0 Å². The average molecular weight is 579 g/mol. The fraction of sp³-hybridized carbons (Fsp3) is 0.536. The predicted octanol–water partition coefficient (Wildman–Crippen LogP) is 4.26. The van der Waals surface area contributed by atoms with Crippen LogP contribution in [0.3, 0.4) is 0 Å². The van der Waals surface area contributed by atoms with Crippen LogP contribution in [0.5, 0.6) is 0 Å². The molecule has 10 nitrogen and oxygen atoms in total. The van der Waals surface area contributed by atoms with E-state index in [1.54, 1.807) is 34.0 Å². The number of hydrogen-bond donors (Lipinski definition) is 4. The lowest BCUT2D eigenvalue weighted by atomic mass is 9.84. The molecule has 0 radical (unpaired) electrons. The van der Waals surface area contributed by atoms with Crippen molar-refractivity contribution in [3.63, 3.8) is 0 Å². The third kappa shape index (κ3) is 6.61. The molecule has 0 bridgehead atoms. The van der Waals surface area contributed by atoms with Crippen LogP contribution >= 0.6 is 0 Å². The fourth-order valence-corrected chi connectivity index (χ4v) is 4.67. The molecule has 3 atom stereocenters. The first kappa shape index (κ1) is 31.8. The summed E-state index contributed by atoms with van der Waals surface area (Å²) in [6.07, 6.45) is -1.50. The van der Waals surface area contributed by atoms with Crippen LogP contribution in [0, 0.1) is 11.3 Å². The molecule has 1 aliphatic heterocycles. The summed E-state index contributed by atoms with van der Waals surface area (Å²) in [6, 6.07) is 1.57. The average Bonchev–Trinajstić information content (AvgIpc) is 3.60. The number of benzene rings is 1. The van der Waals surface area contributed by atoms with Gasteiger partial charge in [-0.15, -0.1) is 10.2 Å². The number of rotatable bonds is 10. The number of alkyl halides is 3. The highest BCUT2D eigenvalue weighted by Crippen LogP contribution is 2.52. The number of carboxylic acid groups (broad SMARTS) is 1. The maximum Gasteiger partial charge on any atom is 0.442 e. The number of carbonyl (C=O) groups excluding carboxylic acids is 2. The molecule has 0 fully saturated rings. The van der Waals surface area contributed by atoms with Crippen LogP contribution in [0.1, 0.15) is 52.7 Å². The molecule has 224 valence electrons. The van der Waals surface area contributed by atoms with Gasteiger partial charge in [-0.05, 0) is 36.3 Å². The first-order chi connectivity index (χ1) is 18.8. The Labute approximate surface area is 236 Å². The van der Waals surface area contributed by atoms with E-state index in [1.165, 1.54) is 36.1 Å². The highest BCUT2D eigenvalue weighted by molar-refractivity contribution is 5.92. The highest BCUT2D eigenvalue weighted by atomic mass is 19.4. The van der Waals surface area contributed by atoms with Crippen molar-refractivity contribution in [3.05, 3.63) is 47.2 Å². The molecule has 2 aromatic rings. The molecule has 13 heteroatoms. The molecule has 0 saturated carbocycles. The summed E-state index contributed by atoms with van der Waals surface area (Å²) in [6.45, 7) is 10.6. The third-order valence-electron chi connectivity index (χ3n) is 7.28. The van der Waals surface area contributed by atoms with Crippen LogP contribution in [-0.2, 0) is 26.5 Å². The van der Waals surface area contributed by atoms with Crippen molar-refractivity contribution in [1.82, 2.24) is 15.2 Å². The van der Waals surface area contributed by atoms with Gasteiger partial charge in [-0.1, -0.05) is 52.8 Å². The molecule has 3 rings (SSSR count). The molecule has 5 N–H and O–H groups in total. The number of carbonyl (C=O) groups is 3. The Bertz CT molecular complexity index is 1380. The van der Waals surface area contributed by atoms with E-state index in [1.807, 2.05) is 13.8 Å². The van der Waals surface area contributed by atoms with Gasteiger partial charge in [-0.2, -0.15) is 13.2 Å². The minimum absolute atomic E-state index is 0.0560. The smallest absolute Gasteiger partial charge is 0.442 e. The van der Waals surface area contributed by atoms with Gasteiger partial charge in [-0.3, -0.25) is 9.59 Å². The van der Waals surface area contributed by atoms with E-state index in [0.29, 0.717) is 16.5 Å². The number of aromatic amines is 1. The zero-order valence-corrected chi connectivity index (χ0v) is 24.1. The topological polar surface area (TPSA) is 153 Å². The Morgan fingerprint density at radius 3 is 2.29 bits per heavy atom. The number of hydrogen-bond acceptors (Lipinski definition) is 6. The first-order valence-electron chi connectivity index (χ1n) is 13.2. The lowest BCUT2D eigenvalue weighted by Crippen LogP contribution is -2.58. The summed E-state index contributed by atoms with van der Waals surface area (Å²) in [4.78, 5) is 42.6. The normalized spacial score (nSPS) is 17.3. The Morgan fingerprint density at radius 1 is 1.20 bits per heavy atom. The number of likely N-dealkylation sites (N-methyl/N-ethyl adjacent to an activating group) is 1. The zero-order chi connectivity index (χ0) is 31.1. The maximum absolute atomic E-state index is 13.6. The van der Waals surface area contributed by atoms with Gasteiger partial charge < -0.3 is 26.0 Å². The van der Waals surface area contributed by atoms with Gasteiger partial charge in [0.15, 0.2) is 0 Å². The van der Waals surface area contributed by atoms with E-state index in [4.69, 9.17) is 5.73 Å². The third-order valence-corrected chi connectivity index (χ3v) is 7.28. The number of amides is 2. The highest BCUT2D eigenvalue weighted by Gasteiger charge is 2.65. The van der Waals surface area contributed by atoms with Crippen LogP contribution < -0.4 is 11.1 Å². The van der Waals surface area contributed by atoms with Gasteiger partial charge >= 0.3 is 17.8 Å². The second-order valence-corrected chi connectivity index (χ2v) is 11.9. The summed E-state index contributed by atoms with van der Waals surface area (Å²) in [5.41, 5.74) is 4.00. The minimum atomic E-state index is -4.65. The van der Waals surface area contributed by atoms with Gasteiger partial charge in [0, 0.05) is 35.3 Å². The number of nitrogens with zero attached hydrogens (tertiary/aromatic N) is 3. The molecule has 0 unspecified atom stereocenters. The minimum Gasteiger partial charge on any atom is -0.478 e. The van der Waals surface area contributed by atoms with Crippen molar-refractivity contribution in [2.24, 2.45) is 27.3 Å². The number of aromatic nitrogens is 1. The fourth-order valence-electron chi connectivity index (χ4n) is 4.67. The van der Waals surface area contributed by atoms with Gasteiger partial charge in [0.1, 0.15) is 6.04 Å². The summed E-state index contributed by atoms with van der Waals surface area (Å²) >= 11 is 0. The van der Waals surface area contributed by atoms with E-state index in [9.17, 15) is 32.7 Å². The number of fused-ring (bicyclic) bond motifs is 1. The van der Waals surface area contributed by atoms with E-state index in [2.05, 4.69) is 20.5 Å². The molecule has 0 spiro atoms. The molecule has 0 saturated heterocycles. The lowest BCUT2D eigenvalue weighted by Gasteiger charge is -2.37. The monoisotopic (exact) mass is 578 g/mol. The standard InChI is InChI=1S/C28H37F3N6O4/c1-14(2)21(10-15(3)25(40)41)37(7)24(39)22(26(4,5)6)34-23(38)19(32)11-16-13-33-20-12-17(8-9-18(16)20)27(35-36-27)28(29,30)31/h8-10,12-14,19,21-22,33H,11,32H2,1-7H3,(H,34,38)(H,40,41)/b15-10+/t19-,21+,22+/m0/s1. The number of H-pyrrole nitrogens is 1. The van der Waals surface area contributed by atoms with E-state index >= 15 is 0 Å². The van der Waals surface area contributed by atoms with Gasteiger partial charge in [0.2, 0.25) is 11.8 Å². The van der Waals surface area contributed by atoms with Crippen LogP contribution in [0.4, 0.5) is 13.2 Å². The summed E-state index contributed by atoms with van der Waals surface area (Å²) < 4.78 is 40.2. The predicted molar refractivity (Wildman–Crippen MR) is 147 cm³/mol. The summed E-state index contributed by atoms with van der Waals surface area (Å²) in [7, 11) is 1.56. The number of carboxylic acids is 1. The van der Waals surface area contributed by atoms with Crippen molar-refractivity contribution in [2.45, 2.75) is 77.9 Å². The molecule has 1 aromatic carbocycles. The molecule has 41 heavy (non-hydrogen) atoms. The van der Waals surface area contributed by atoms with Gasteiger partial charge in [-0.25, -0.2) is 4.79 Å². The second kappa shape index (κ2) is 11.3. The molecule has 2 heterocycles. The van der Waals surface area contributed by atoms with Gasteiger partial charge in [0.05, 0.1) is 12.1 Å². The summed E-state index contributed by atoms with van der Waals surface area (Å²) in [5, 5.41) is 19.1. The van der Waals surface area contributed by atoms with Crippen LogP contribution in [0.25, 0.3) is 10.9 Å². The number of nitrogens with one attached hydrogen (secondary N) is 2. The van der Waals surface area contributed by atoms with Crippen molar-refractivity contribution >= 4 is 28.7 Å². The molecule has 1 aromatic heterocycles. The number of nitrogens with two attached hydrogens (primary N) is 1. The Kier molecular flexibility index (Phi) is 8.73. The van der Waals surface area contributed by atoms with E-state index in [-0.39, 0.29) is 23.5 Å². The molecule has 2 amide bonds. The van der Waals surface area contributed by atoms with Crippen LogP contribution in [0.15, 0.2) is 46.3 Å². The van der Waals surface area contributed by atoms with Crippen molar-refractivity contribution in [1.29, 1.82) is 0 Å². The summed E-state index contributed by atoms with van der Waals surface area (Å²) in [5.74, 6) is -2.18. The van der Waals surface area contributed by atoms with E-state index in [0.717, 1.165) is 0 Å². The Morgan fingerprint density at radius 2 is 1.80 bits per heavy atom. The van der Waals surface area contributed by atoms with Crippen molar-refractivity contribution in [3.8, 4) is 0 Å². The lowest BCUT2D eigenvalue weighted by molar-refractivity contribution is -0.166. The SMILES string of the molecule is C/C(=C\[C@H](C(C)C)N(C)C(=O)[C@@H](NC(=O)[C@@H](N)Cc1c[nH]c2cc(C3(C(F)(F)F)N=N3)ccc12)C(C)(C)C)C(=O)O. The van der Waals surface area contributed by atoms with Crippen molar-refractivity contribution in [2.75, 3.05) is 7.05 Å². The second-order valence-electron chi connectivity index (χ2n) is 11.9. The number of aliphatic carboxylic acids is 1. The largest absolute Gasteiger partial charge is 0.478 e. The van der Waals surface area contributed by atoms with Crippen LogP contribution in [-0.4, -0.2) is 64.1 Å². The van der Waals surface area contributed by atoms with Gasteiger partial charge in [0.25, 0.3) is 0 Å². The Balaban J connectivity index is 1.78. The molecular weight excluding hydrogens is 541 g/mol. The molecular formula is C28H37F3N6O4. The zero-order valence-electron chi connectivity index (χ0n) is 24.1. The van der Waals surface area contributed by atoms with E-state index < -0.39 is 53.2 Å². The quantitative estimate of drug-likeness (QED) is 0.310. The molecule has 0 aliphatic carbocycles. The Hall–Kier alpha value is -3.74. The maximum atomic E-state index is 13.6. The number of halogens is 3. The first-order valence-corrected chi connectivity index (χ1v) is 13.2. The van der Waals surface area contributed by atoms with Crippen molar-refractivity contribution < 1.29 is 32.7 Å². The molecule has 1 aliphatic rings.